The molecule has 0 saturated heterocycles. The van der Waals surface area contributed by atoms with Crippen LogP contribution in [0.25, 0.3) is 5.69 Å². The number of nitrogens with zero attached hydrogens (tertiary/aromatic N) is 2. The molecule has 0 amide bonds. The Bertz CT molecular complexity index is 461. The first-order valence-electron chi connectivity index (χ1n) is 5.21. The van der Waals surface area contributed by atoms with Crippen molar-refractivity contribution in [2.75, 3.05) is 0 Å². The second-order valence-electron chi connectivity index (χ2n) is 4.01. The first-order chi connectivity index (χ1) is 7.36. The molecule has 0 bridgehead atoms. The molecule has 1 aliphatic rings. The van der Waals surface area contributed by atoms with E-state index in [4.69, 9.17) is 5.73 Å². The SMILES string of the molecule is NC1CC1c1ccnn1-c1ccccc1. The third-order valence-corrected chi connectivity index (χ3v) is 2.89. The standard InChI is InChI=1S/C12H13N3/c13-11-8-10(11)12-6-7-14-15(12)9-4-2-1-3-5-9/h1-7,10-11H,8,13H2. The van der Waals surface area contributed by atoms with Crippen molar-refractivity contribution in [2.45, 2.75) is 18.4 Å². The van der Waals surface area contributed by atoms with Crippen molar-refractivity contribution in [3.63, 3.8) is 0 Å². The minimum atomic E-state index is 0.323. The molecule has 0 aliphatic heterocycles. The molecule has 0 radical (unpaired) electrons. The maximum atomic E-state index is 5.86. The van der Waals surface area contributed by atoms with Crippen LogP contribution in [-0.4, -0.2) is 15.8 Å². The van der Waals surface area contributed by atoms with Crippen molar-refractivity contribution in [2.24, 2.45) is 5.73 Å². The van der Waals surface area contributed by atoms with Gasteiger partial charge in [0.15, 0.2) is 0 Å². The van der Waals surface area contributed by atoms with Gasteiger partial charge in [-0.3, -0.25) is 0 Å². The van der Waals surface area contributed by atoms with Gasteiger partial charge in [0.25, 0.3) is 0 Å². The average molecular weight is 199 g/mol. The molecule has 1 saturated carbocycles. The first-order valence-corrected chi connectivity index (χ1v) is 5.21. The fourth-order valence-corrected chi connectivity index (χ4v) is 1.93. The third-order valence-electron chi connectivity index (χ3n) is 2.89. The summed E-state index contributed by atoms with van der Waals surface area (Å²) in [7, 11) is 0. The van der Waals surface area contributed by atoms with Crippen molar-refractivity contribution in [3.8, 4) is 5.69 Å². The number of hydrogen-bond donors (Lipinski definition) is 1. The Morgan fingerprint density at radius 2 is 1.93 bits per heavy atom. The largest absolute Gasteiger partial charge is 0.327 e. The van der Waals surface area contributed by atoms with Crippen LogP contribution < -0.4 is 5.73 Å². The molecule has 1 aromatic heterocycles. The van der Waals surface area contributed by atoms with E-state index in [1.54, 1.807) is 0 Å². The van der Waals surface area contributed by atoms with Crippen LogP contribution in [-0.2, 0) is 0 Å². The van der Waals surface area contributed by atoms with E-state index in [1.807, 2.05) is 29.1 Å². The van der Waals surface area contributed by atoms with Gasteiger partial charge in [-0.25, -0.2) is 4.68 Å². The highest BCUT2D eigenvalue weighted by molar-refractivity contribution is 5.35. The van der Waals surface area contributed by atoms with Gasteiger partial charge in [0.2, 0.25) is 0 Å². The van der Waals surface area contributed by atoms with Crippen LogP contribution in [0.2, 0.25) is 0 Å². The summed E-state index contributed by atoms with van der Waals surface area (Å²) in [5.74, 6) is 0.493. The fourth-order valence-electron chi connectivity index (χ4n) is 1.93. The zero-order valence-corrected chi connectivity index (χ0v) is 8.38. The van der Waals surface area contributed by atoms with Crippen LogP contribution in [0.4, 0.5) is 0 Å². The minimum absolute atomic E-state index is 0.323. The molecule has 15 heavy (non-hydrogen) atoms. The number of benzene rings is 1. The lowest BCUT2D eigenvalue weighted by molar-refractivity contribution is 0.795. The average Bonchev–Trinajstić information content (AvgIpc) is 2.82. The Balaban J connectivity index is 2.02. The molecule has 1 aromatic carbocycles. The molecule has 3 heteroatoms. The quantitative estimate of drug-likeness (QED) is 0.799. The van der Waals surface area contributed by atoms with Gasteiger partial charge >= 0.3 is 0 Å². The smallest absolute Gasteiger partial charge is 0.0648 e. The normalized spacial score (nSPS) is 24.1. The number of aromatic nitrogens is 2. The summed E-state index contributed by atoms with van der Waals surface area (Å²) in [5.41, 5.74) is 8.20. The minimum Gasteiger partial charge on any atom is -0.327 e. The topological polar surface area (TPSA) is 43.8 Å². The lowest BCUT2D eigenvalue weighted by atomic mass is 10.2. The van der Waals surface area contributed by atoms with Gasteiger partial charge < -0.3 is 5.73 Å². The van der Waals surface area contributed by atoms with Crippen molar-refractivity contribution in [1.29, 1.82) is 0 Å². The van der Waals surface area contributed by atoms with Crippen molar-refractivity contribution in [1.82, 2.24) is 9.78 Å². The number of para-hydroxylation sites is 1. The lowest BCUT2D eigenvalue weighted by Crippen LogP contribution is -2.06. The lowest BCUT2D eigenvalue weighted by Gasteiger charge is -2.05. The molecule has 3 rings (SSSR count). The predicted octanol–water partition coefficient (Wildman–Crippen LogP) is 1.69. The molecule has 1 fully saturated rings. The Hall–Kier alpha value is -1.61. The second-order valence-corrected chi connectivity index (χ2v) is 4.01. The Morgan fingerprint density at radius 1 is 1.20 bits per heavy atom. The fraction of sp³-hybridized carbons (Fsp3) is 0.250. The van der Waals surface area contributed by atoms with Crippen LogP contribution >= 0.6 is 0 Å². The summed E-state index contributed by atoms with van der Waals surface area (Å²) in [6, 6.07) is 12.6. The molecular weight excluding hydrogens is 186 g/mol. The van der Waals surface area contributed by atoms with Gasteiger partial charge in [0, 0.05) is 23.9 Å². The van der Waals surface area contributed by atoms with E-state index in [9.17, 15) is 0 Å². The molecule has 2 unspecified atom stereocenters. The summed E-state index contributed by atoms with van der Waals surface area (Å²) < 4.78 is 1.98. The van der Waals surface area contributed by atoms with Crippen molar-refractivity contribution >= 4 is 0 Å². The zero-order chi connectivity index (χ0) is 10.3. The van der Waals surface area contributed by atoms with Gasteiger partial charge in [-0.05, 0) is 24.6 Å². The molecule has 0 spiro atoms. The molecular formula is C12H13N3. The summed E-state index contributed by atoms with van der Waals surface area (Å²) in [6.45, 7) is 0. The van der Waals surface area contributed by atoms with Crippen LogP contribution in [0.1, 0.15) is 18.0 Å². The molecule has 1 aliphatic carbocycles. The van der Waals surface area contributed by atoms with Crippen LogP contribution in [0.15, 0.2) is 42.6 Å². The molecule has 2 aromatic rings. The Morgan fingerprint density at radius 3 is 2.60 bits per heavy atom. The second kappa shape index (κ2) is 3.21. The number of hydrogen-bond acceptors (Lipinski definition) is 2. The third kappa shape index (κ3) is 1.45. The predicted molar refractivity (Wildman–Crippen MR) is 58.9 cm³/mol. The van der Waals surface area contributed by atoms with Gasteiger partial charge in [0.05, 0.1) is 5.69 Å². The van der Waals surface area contributed by atoms with Crippen LogP contribution in [0, 0.1) is 0 Å². The van der Waals surface area contributed by atoms with Gasteiger partial charge in [-0.1, -0.05) is 18.2 Å². The van der Waals surface area contributed by atoms with Gasteiger partial charge in [0.1, 0.15) is 0 Å². The van der Waals surface area contributed by atoms with E-state index >= 15 is 0 Å². The van der Waals surface area contributed by atoms with E-state index in [-0.39, 0.29) is 0 Å². The van der Waals surface area contributed by atoms with Gasteiger partial charge in [-0.2, -0.15) is 5.10 Å². The molecule has 1 heterocycles. The highest BCUT2D eigenvalue weighted by Gasteiger charge is 2.37. The summed E-state index contributed by atoms with van der Waals surface area (Å²) >= 11 is 0. The molecule has 76 valence electrons. The maximum absolute atomic E-state index is 5.86. The number of rotatable bonds is 2. The van der Waals surface area contributed by atoms with Crippen LogP contribution in [0.3, 0.4) is 0 Å². The highest BCUT2D eigenvalue weighted by Crippen LogP contribution is 2.39. The summed E-state index contributed by atoms with van der Waals surface area (Å²) in [6.07, 6.45) is 2.92. The summed E-state index contributed by atoms with van der Waals surface area (Å²) in [5, 5.41) is 4.34. The number of nitrogens with two attached hydrogens (primary N) is 1. The molecule has 3 nitrogen and oxygen atoms in total. The first kappa shape index (κ1) is 8.68. The van der Waals surface area contributed by atoms with Crippen molar-refractivity contribution in [3.05, 3.63) is 48.3 Å². The Kier molecular flexibility index (Phi) is 1.86. The van der Waals surface area contributed by atoms with E-state index in [2.05, 4.69) is 23.3 Å². The van der Waals surface area contributed by atoms with E-state index in [0.717, 1.165) is 12.1 Å². The maximum Gasteiger partial charge on any atom is 0.0648 e. The zero-order valence-electron chi connectivity index (χ0n) is 8.38. The monoisotopic (exact) mass is 199 g/mol. The Labute approximate surface area is 88.5 Å². The van der Waals surface area contributed by atoms with Crippen LogP contribution in [0.5, 0.6) is 0 Å². The molecule has 2 atom stereocenters. The van der Waals surface area contributed by atoms with E-state index < -0.39 is 0 Å². The van der Waals surface area contributed by atoms with Crippen molar-refractivity contribution < 1.29 is 0 Å². The van der Waals surface area contributed by atoms with Gasteiger partial charge in [-0.15, -0.1) is 0 Å². The van der Waals surface area contributed by atoms with E-state index in [1.165, 1.54) is 5.69 Å². The molecule has 2 N–H and O–H groups in total. The van der Waals surface area contributed by atoms with E-state index in [0.29, 0.717) is 12.0 Å². The summed E-state index contributed by atoms with van der Waals surface area (Å²) in [4.78, 5) is 0. The highest BCUT2D eigenvalue weighted by atomic mass is 15.3.